The molecule has 108 valence electrons. The van der Waals surface area contributed by atoms with Gasteiger partial charge in [0.1, 0.15) is 11.9 Å². The number of aromatic nitrogens is 4. The molecular formula is C15H16N4OS. The fourth-order valence-corrected chi connectivity index (χ4v) is 3.62. The van der Waals surface area contributed by atoms with Crippen LogP contribution < -0.4 is 0 Å². The van der Waals surface area contributed by atoms with Crippen LogP contribution in [-0.2, 0) is 11.2 Å². The van der Waals surface area contributed by atoms with E-state index in [0.717, 1.165) is 16.7 Å². The van der Waals surface area contributed by atoms with Crippen molar-refractivity contribution in [3.63, 3.8) is 0 Å². The van der Waals surface area contributed by atoms with E-state index < -0.39 is 11.2 Å². The summed E-state index contributed by atoms with van der Waals surface area (Å²) in [6.07, 6.45) is 10.3. The topological polar surface area (TPSA) is 66.1 Å². The highest BCUT2D eigenvalue weighted by Gasteiger charge is 2.22. The van der Waals surface area contributed by atoms with E-state index in [1.165, 1.54) is 31.4 Å². The molecule has 1 atom stereocenters. The first-order valence-corrected chi connectivity index (χ1v) is 8.76. The Morgan fingerprint density at radius 1 is 1.19 bits per heavy atom. The van der Waals surface area contributed by atoms with Gasteiger partial charge in [0.15, 0.2) is 5.65 Å². The smallest absolute Gasteiger partial charge is 0.344 e. The minimum Gasteiger partial charge on any atom is -0.609 e. The van der Waals surface area contributed by atoms with E-state index in [1.807, 2.05) is 18.3 Å². The lowest BCUT2D eigenvalue weighted by Crippen LogP contribution is -2.07. The maximum Gasteiger partial charge on any atom is 0.344 e. The highest BCUT2D eigenvalue weighted by Crippen LogP contribution is 2.35. The minimum atomic E-state index is -1.18. The van der Waals surface area contributed by atoms with Gasteiger partial charge in [0.05, 0.1) is 0 Å². The molecule has 1 aliphatic rings. The largest absolute Gasteiger partial charge is 0.609 e. The molecule has 0 spiro atoms. The molecule has 5 nitrogen and oxygen atoms in total. The molecule has 0 saturated heterocycles. The van der Waals surface area contributed by atoms with E-state index in [1.54, 1.807) is 12.5 Å². The number of nitrogens with zero attached hydrogens (tertiary/aromatic N) is 4. The van der Waals surface area contributed by atoms with E-state index in [9.17, 15) is 4.55 Å². The van der Waals surface area contributed by atoms with E-state index in [0.29, 0.717) is 11.1 Å². The fourth-order valence-electron chi connectivity index (χ4n) is 3.20. The summed E-state index contributed by atoms with van der Waals surface area (Å²) >= 11 is -1.18. The van der Waals surface area contributed by atoms with Crippen LogP contribution in [0.25, 0.3) is 16.7 Å². The second-order valence-corrected chi connectivity index (χ2v) is 6.85. The zero-order valence-corrected chi connectivity index (χ0v) is 12.6. The van der Waals surface area contributed by atoms with Crippen LogP contribution in [0, 0.1) is 0 Å². The summed E-state index contributed by atoms with van der Waals surface area (Å²) in [7, 11) is 0. The van der Waals surface area contributed by atoms with Gasteiger partial charge in [-0.15, -0.1) is 0 Å². The number of pyridine rings is 1. The lowest BCUT2D eigenvalue weighted by molar-refractivity contribution is 0.592. The molecule has 6 heteroatoms. The van der Waals surface area contributed by atoms with Crippen molar-refractivity contribution in [3.05, 3.63) is 30.2 Å². The molecule has 1 unspecified atom stereocenters. The first kappa shape index (κ1) is 13.0. The summed E-state index contributed by atoms with van der Waals surface area (Å²) in [5.74, 6) is 0.552. The Labute approximate surface area is 125 Å². The van der Waals surface area contributed by atoms with Crippen LogP contribution in [-0.4, -0.2) is 30.2 Å². The third kappa shape index (κ3) is 2.10. The first-order chi connectivity index (χ1) is 10.2. The normalized spacial score (nSPS) is 17.8. The Bertz CT molecular complexity index is 808. The Morgan fingerprint density at radius 2 is 2.00 bits per heavy atom. The standard InChI is InChI=1S/C15H16N4OS/c1-21(20)15-17-8-11-6-7-13-16-9-12(10-4-2-3-5-10)19(13)14(11)18-15/h6-10H,2-5H2,1H3. The molecule has 0 N–H and O–H groups in total. The van der Waals surface area contributed by atoms with Gasteiger partial charge in [0, 0.05) is 40.6 Å². The van der Waals surface area contributed by atoms with Gasteiger partial charge in [-0.05, 0) is 25.0 Å². The van der Waals surface area contributed by atoms with Crippen LogP contribution in [0.3, 0.4) is 0 Å². The third-order valence-electron chi connectivity index (χ3n) is 4.24. The SMILES string of the molecule is C[S+]([O-])c1ncc2ccc3ncc(C4CCCC4)n3c2n1. The Kier molecular flexibility index (Phi) is 3.08. The molecule has 1 aliphatic carbocycles. The molecule has 3 aromatic rings. The second-order valence-electron chi connectivity index (χ2n) is 5.58. The molecule has 0 bridgehead atoms. The summed E-state index contributed by atoms with van der Waals surface area (Å²) in [4.78, 5) is 13.2. The van der Waals surface area contributed by atoms with E-state index in [2.05, 4.69) is 19.4 Å². The summed E-state index contributed by atoms with van der Waals surface area (Å²) in [6.45, 7) is 0. The van der Waals surface area contributed by atoms with E-state index in [-0.39, 0.29) is 0 Å². The predicted molar refractivity (Wildman–Crippen MR) is 81.8 cm³/mol. The molecule has 0 radical (unpaired) electrons. The number of hydrogen-bond donors (Lipinski definition) is 0. The predicted octanol–water partition coefficient (Wildman–Crippen LogP) is 2.67. The zero-order chi connectivity index (χ0) is 14.4. The summed E-state index contributed by atoms with van der Waals surface area (Å²) in [5.41, 5.74) is 2.93. The number of rotatable bonds is 2. The van der Waals surface area contributed by atoms with Gasteiger partial charge in [-0.2, -0.15) is 9.97 Å². The van der Waals surface area contributed by atoms with Crippen molar-refractivity contribution in [1.82, 2.24) is 19.4 Å². The van der Waals surface area contributed by atoms with Gasteiger partial charge < -0.3 is 4.55 Å². The molecule has 1 fully saturated rings. The molecule has 3 aromatic heterocycles. The number of fused-ring (bicyclic) bond motifs is 3. The lowest BCUT2D eigenvalue weighted by Gasteiger charge is -2.11. The van der Waals surface area contributed by atoms with Crippen molar-refractivity contribution < 1.29 is 4.55 Å². The van der Waals surface area contributed by atoms with Crippen LogP contribution >= 0.6 is 0 Å². The maximum atomic E-state index is 11.7. The van der Waals surface area contributed by atoms with E-state index in [4.69, 9.17) is 0 Å². The molecule has 4 rings (SSSR count). The van der Waals surface area contributed by atoms with Crippen LogP contribution in [0.4, 0.5) is 0 Å². The Balaban J connectivity index is 2.01. The van der Waals surface area contributed by atoms with Gasteiger partial charge in [-0.3, -0.25) is 4.40 Å². The van der Waals surface area contributed by atoms with Crippen molar-refractivity contribution in [3.8, 4) is 0 Å². The number of imidazole rings is 1. The second kappa shape index (κ2) is 4.96. The molecule has 3 heterocycles. The maximum absolute atomic E-state index is 11.7. The highest BCUT2D eigenvalue weighted by atomic mass is 32.2. The average Bonchev–Trinajstić information content (AvgIpc) is 3.15. The zero-order valence-electron chi connectivity index (χ0n) is 11.8. The third-order valence-corrected chi connectivity index (χ3v) is 4.96. The summed E-state index contributed by atoms with van der Waals surface area (Å²) in [6, 6.07) is 3.96. The molecule has 21 heavy (non-hydrogen) atoms. The van der Waals surface area contributed by atoms with Gasteiger partial charge >= 0.3 is 5.16 Å². The van der Waals surface area contributed by atoms with E-state index >= 15 is 0 Å². The quantitative estimate of drug-likeness (QED) is 0.539. The van der Waals surface area contributed by atoms with Crippen molar-refractivity contribution in [2.45, 2.75) is 36.8 Å². The monoisotopic (exact) mass is 300 g/mol. The average molecular weight is 300 g/mol. The van der Waals surface area contributed by atoms with Crippen LogP contribution in [0.1, 0.15) is 37.3 Å². The molecule has 0 aromatic carbocycles. The van der Waals surface area contributed by atoms with Crippen molar-refractivity contribution in [2.75, 3.05) is 6.26 Å². The van der Waals surface area contributed by atoms with Crippen LogP contribution in [0.15, 0.2) is 29.7 Å². The van der Waals surface area contributed by atoms with Crippen LogP contribution in [0.5, 0.6) is 0 Å². The van der Waals surface area contributed by atoms with Gasteiger partial charge in [-0.25, -0.2) is 4.98 Å². The van der Waals surface area contributed by atoms with Gasteiger partial charge in [0.2, 0.25) is 0 Å². The minimum absolute atomic E-state index is 0.376. The van der Waals surface area contributed by atoms with Crippen molar-refractivity contribution in [2.24, 2.45) is 0 Å². The molecule has 0 aliphatic heterocycles. The summed E-state index contributed by atoms with van der Waals surface area (Å²) in [5, 5.41) is 1.33. The lowest BCUT2D eigenvalue weighted by atomic mass is 10.1. The highest BCUT2D eigenvalue weighted by molar-refractivity contribution is 7.90. The first-order valence-electron chi connectivity index (χ1n) is 7.20. The molecular weight excluding hydrogens is 284 g/mol. The van der Waals surface area contributed by atoms with Crippen molar-refractivity contribution >= 4 is 27.9 Å². The fraction of sp³-hybridized carbons (Fsp3) is 0.400. The van der Waals surface area contributed by atoms with Gasteiger partial charge in [0.25, 0.3) is 0 Å². The Hall–Kier alpha value is -1.66. The van der Waals surface area contributed by atoms with Crippen molar-refractivity contribution in [1.29, 1.82) is 0 Å². The van der Waals surface area contributed by atoms with Gasteiger partial charge in [-0.1, -0.05) is 12.8 Å². The summed E-state index contributed by atoms with van der Waals surface area (Å²) < 4.78 is 13.8. The molecule has 1 saturated carbocycles. The van der Waals surface area contributed by atoms with Crippen LogP contribution in [0.2, 0.25) is 0 Å². The number of hydrogen-bond acceptors (Lipinski definition) is 4. The molecule has 0 amide bonds. The Morgan fingerprint density at radius 3 is 2.76 bits per heavy atom.